The number of hydrogen-bond donors (Lipinski definition) is 3. The van der Waals surface area contributed by atoms with Gasteiger partial charge in [0.1, 0.15) is 11.3 Å². The van der Waals surface area contributed by atoms with Gasteiger partial charge in [-0.15, -0.1) is 20.6 Å². The van der Waals surface area contributed by atoms with Crippen LogP contribution in [0.1, 0.15) is 58.3 Å². The van der Waals surface area contributed by atoms with Crippen LogP contribution in [0.15, 0.2) is 35.1 Å². The summed E-state index contributed by atoms with van der Waals surface area (Å²) in [5.41, 5.74) is 2.56. The first-order chi connectivity index (χ1) is 21.7. The first-order valence-electron chi connectivity index (χ1n) is 15.0. The number of fused-ring (bicyclic) bond motifs is 1. The molecule has 15 heteroatoms. The number of hydroxylamine groups is 1. The summed E-state index contributed by atoms with van der Waals surface area (Å²) in [5.74, 6) is 2.83. The van der Waals surface area contributed by atoms with Gasteiger partial charge in [0.05, 0.1) is 55.2 Å². The number of nitrogens with one attached hydrogen (secondary N) is 2. The minimum Gasteiger partial charge on any atom is -0.350 e. The van der Waals surface area contributed by atoms with Crippen molar-refractivity contribution in [1.29, 1.82) is 0 Å². The molecule has 0 aliphatic carbocycles. The number of anilines is 2. The van der Waals surface area contributed by atoms with Crippen molar-refractivity contribution in [3.05, 3.63) is 52.3 Å². The van der Waals surface area contributed by atoms with Crippen LogP contribution in [0, 0.1) is 11.6 Å². The highest BCUT2D eigenvalue weighted by Crippen LogP contribution is 2.55. The molecule has 3 aromatic rings. The van der Waals surface area contributed by atoms with Crippen molar-refractivity contribution in [3.63, 3.8) is 0 Å². The Morgan fingerprint density at radius 2 is 1.62 bits per heavy atom. The fraction of sp³-hybridized carbons (Fsp3) is 0.562. The minimum absolute atomic E-state index is 0.00879. The van der Waals surface area contributed by atoms with E-state index in [4.69, 9.17) is 19.1 Å². The second-order valence-corrected chi connectivity index (χ2v) is 21.7. The SMILES string of the molecule is CC(C)(C)S(C)(C)OCCON.CCC(C)(C)S(C)(C)OCCONC(=O)c1cc2c(ncn2C)c(F)c1Nc1ccc(Br)cc1F. The molecule has 47 heavy (non-hydrogen) atoms. The summed E-state index contributed by atoms with van der Waals surface area (Å²) in [5, 5.41) is 2.71. The third-order valence-corrected chi connectivity index (χ3v) is 16.3. The van der Waals surface area contributed by atoms with Gasteiger partial charge >= 0.3 is 0 Å². The van der Waals surface area contributed by atoms with E-state index in [9.17, 15) is 9.18 Å². The van der Waals surface area contributed by atoms with Crippen LogP contribution < -0.4 is 16.7 Å². The molecule has 4 N–H and O–H groups in total. The highest BCUT2D eigenvalue weighted by molar-refractivity contribution is 9.10. The van der Waals surface area contributed by atoms with Gasteiger partial charge in [0.15, 0.2) is 5.82 Å². The van der Waals surface area contributed by atoms with E-state index in [-0.39, 0.29) is 45.2 Å². The third kappa shape index (κ3) is 11.0. The van der Waals surface area contributed by atoms with Gasteiger partial charge in [0, 0.05) is 21.0 Å². The number of hydrogen-bond acceptors (Lipinski definition) is 8. The summed E-state index contributed by atoms with van der Waals surface area (Å²) in [6.07, 6.45) is 10.9. The maximum absolute atomic E-state index is 15.4. The van der Waals surface area contributed by atoms with Gasteiger partial charge in [-0.3, -0.25) is 9.63 Å². The summed E-state index contributed by atoms with van der Waals surface area (Å²) in [7, 11) is -0.658. The van der Waals surface area contributed by atoms with Crippen LogP contribution in [0.25, 0.3) is 11.0 Å². The predicted octanol–water partition coefficient (Wildman–Crippen LogP) is 7.87. The number of rotatable bonds is 14. The lowest BCUT2D eigenvalue weighted by molar-refractivity contribution is 0.0214. The molecule has 0 fully saturated rings. The van der Waals surface area contributed by atoms with Crippen LogP contribution >= 0.6 is 36.5 Å². The number of nitrogens with zero attached hydrogens (tertiary/aromatic N) is 2. The van der Waals surface area contributed by atoms with Crippen molar-refractivity contribution in [1.82, 2.24) is 15.0 Å². The lowest BCUT2D eigenvalue weighted by atomic mass is 10.1. The van der Waals surface area contributed by atoms with E-state index < -0.39 is 38.2 Å². The van der Waals surface area contributed by atoms with Crippen molar-refractivity contribution >= 4 is 64.9 Å². The first kappa shape index (κ1) is 41.2. The molecular formula is C32H52BrF2N5O5S2. The molecule has 268 valence electrons. The van der Waals surface area contributed by atoms with E-state index >= 15 is 4.39 Å². The first-order valence-corrected chi connectivity index (χ1v) is 20.6. The van der Waals surface area contributed by atoms with Gasteiger partial charge < -0.3 is 23.1 Å². The summed E-state index contributed by atoms with van der Waals surface area (Å²) >= 11 is 3.19. The van der Waals surface area contributed by atoms with Crippen molar-refractivity contribution in [3.8, 4) is 0 Å². The van der Waals surface area contributed by atoms with Crippen molar-refractivity contribution in [2.75, 3.05) is 56.8 Å². The average molecular weight is 769 g/mol. The number of halogens is 3. The van der Waals surface area contributed by atoms with E-state index in [1.165, 1.54) is 24.5 Å². The topological polar surface area (TPSA) is 122 Å². The van der Waals surface area contributed by atoms with E-state index in [0.29, 0.717) is 23.2 Å². The second-order valence-electron chi connectivity index (χ2n) is 13.1. The predicted molar refractivity (Wildman–Crippen MR) is 197 cm³/mol. The molecule has 0 bridgehead atoms. The molecule has 0 unspecified atom stereocenters. The molecule has 0 atom stereocenters. The molecule has 2 aromatic carbocycles. The number of nitrogens with two attached hydrogens (primary N) is 1. The molecule has 0 saturated heterocycles. The highest BCUT2D eigenvalue weighted by atomic mass is 79.9. The van der Waals surface area contributed by atoms with Gasteiger partial charge in [0.25, 0.3) is 5.91 Å². The lowest BCUT2D eigenvalue weighted by Crippen LogP contribution is -2.30. The average Bonchev–Trinajstić information content (AvgIpc) is 3.35. The standard InChI is InChI=1S/C24H31BrF2N4O3S.C8H21NO2S/c1-7-24(2,3)35(5,6)34-11-10-33-30-23(32)16-13-19-22(28-14-31(19)4)20(27)21(16)29-18-9-8-15(25)12-17(18)26;1-8(2,3)12(4,5)11-7-6-10-9/h8-9,12-14,29H,7,10-11H2,1-6H3,(H,30,32);6-7,9H2,1-5H3. The number of amides is 1. The van der Waals surface area contributed by atoms with Crippen LogP contribution in [-0.4, -0.2) is 76.4 Å². The van der Waals surface area contributed by atoms with E-state index in [1.54, 1.807) is 17.7 Å². The van der Waals surface area contributed by atoms with Gasteiger partial charge in [0.2, 0.25) is 0 Å². The molecular weight excluding hydrogens is 716 g/mol. The molecule has 1 heterocycles. The molecule has 0 saturated carbocycles. The van der Waals surface area contributed by atoms with E-state index in [0.717, 1.165) is 6.42 Å². The molecule has 3 rings (SSSR count). The van der Waals surface area contributed by atoms with Crippen LogP contribution in [0.2, 0.25) is 0 Å². The molecule has 0 spiro atoms. The van der Waals surface area contributed by atoms with Crippen molar-refractivity contribution in [2.45, 2.75) is 57.5 Å². The Balaban J connectivity index is 0.000000544. The van der Waals surface area contributed by atoms with E-state index in [1.807, 2.05) is 0 Å². The summed E-state index contributed by atoms with van der Waals surface area (Å²) < 4.78 is 44.0. The fourth-order valence-corrected chi connectivity index (χ4v) is 6.35. The Kier molecular flexibility index (Phi) is 15.0. The van der Waals surface area contributed by atoms with Gasteiger partial charge in [-0.2, -0.15) is 0 Å². The quantitative estimate of drug-likeness (QED) is 0.112. The molecule has 10 nitrogen and oxygen atoms in total. The zero-order valence-corrected chi connectivity index (χ0v) is 32.6. The second kappa shape index (κ2) is 17.1. The van der Waals surface area contributed by atoms with Crippen LogP contribution in [0.3, 0.4) is 0 Å². The Hall–Kier alpha value is -1.98. The number of carbonyl (C=O) groups excluding carboxylic acids is 1. The van der Waals surface area contributed by atoms with Crippen molar-refractivity contribution < 1.29 is 31.6 Å². The molecule has 0 aliphatic heterocycles. The molecule has 1 aromatic heterocycles. The largest absolute Gasteiger partial charge is 0.350 e. The Labute approximate surface area is 289 Å². The smallest absolute Gasteiger partial charge is 0.277 e. The Morgan fingerprint density at radius 1 is 1.00 bits per heavy atom. The zero-order chi connectivity index (χ0) is 35.8. The summed E-state index contributed by atoms with van der Waals surface area (Å²) in [6, 6.07) is 5.77. The number of benzene rings is 2. The van der Waals surface area contributed by atoms with Gasteiger partial charge in [-0.1, -0.05) is 57.5 Å². The van der Waals surface area contributed by atoms with Crippen LogP contribution in [0.4, 0.5) is 20.2 Å². The lowest BCUT2D eigenvalue weighted by Gasteiger charge is -2.45. The van der Waals surface area contributed by atoms with Crippen LogP contribution in [0.5, 0.6) is 0 Å². The highest BCUT2D eigenvalue weighted by Gasteiger charge is 2.32. The van der Waals surface area contributed by atoms with Gasteiger partial charge in [-0.25, -0.2) is 25.1 Å². The number of aryl methyl sites for hydroxylation is 1. The van der Waals surface area contributed by atoms with Gasteiger partial charge in [-0.05, 0) is 55.7 Å². The van der Waals surface area contributed by atoms with E-state index in [2.05, 4.69) is 103 Å². The number of carbonyl (C=O) groups is 1. The summed E-state index contributed by atoms with van der Waals surface area (Å²) in [4.78, 5) is 26.8. The zero-order valence-electron chi connectivity index (χ0n) is 29.4. The number of imidazole rings is 1. The Morgan fingerprint density at radius 3 is 2.19 bits per heavy atom. The maximum Gasteiger partial charge on any atom is 0.277 e. The monoisotopic (exact) mass is 767 g/mol. The molecule has 1 amide bonds. The third-order valence-electron chi connectivity index (χ3n) is 8.36. The summed E-state index contributed by atoms with van der Waals surface area (Å²) in [6.45, 7) is 14.5. The normalized spacial score (nSPS) is 13.3. The van der Waals surface area contributed by atoms with Crippen LogP contribution in [-0.2, 0) is 25.1 Å². The maximum atomic E-state index is 15.4. The van der Waals surface area contributed by atoms with Crippen molar-refractivity contribution in [2.24, 2.45) is 12.9 Å². The Bertz CT molecular complexity index is 1500. The minimum atomic E-state index is -1.34. The molecule has 0 aliphatic rings. The number of aromatic nitrogens is 2. The molecule has 0 radical (unpaired) electrons. The fourth-order valence-electron chi connectivity index (χ4n) is 3.68.